The molecular weight excluding hydrogens is 284 g/mol. The van der Waals surface area contributed by atoms with Gasteiger partial charge in [0.2, 0.25) is 0 Å². The van der Waals surface area contributed by atoms with Crippen molar-refractivity contribution in [3.8, 4) is 0 Å². The molecule has 0 unspecified atom stereocenters. The standard InChI is InChI=1S/C11H12N4O4S/c1-19-11(16)7-3-2-4-8(5-7)15-20(17,18)9-6-13-14-10(9)12/h2-6,15H,1H3,(H3,12,13,14). The number of hydrogen-bond donors (Lipinski definition) is 3. The van der Waals surface area contributed by atoms with Crippen LogP contribution in [-0.4, -0.2) is 31.7 Å². The van der Waals surface area contributed by atoms with Gasteiger partial charge in [0.05, 0.1) is 18.9 Å². The van der Waals surface area contributed by atoms with Crippen LogP contribution in [-0.2, 0) is 14.8 Å². The number of carbonyl (C=O) groups is 1. The van der Waals surface area contributed by atoms with Crippen molar-refractivity contribution in [2.24, 2.45) is 0 Å². The Kier molecular flexibility index (Phi) is 3.61. The molecule has 0 amide bonds. The maximum atomic E-state index is 12.1. The van der Waals surface area contributed by atoms with Gasteiger partial charge in [0.25, 0.3) is 10.0 Å². The van der Waals surface area contributed by atoms with Gasteiger partial charge in [-0.15, -0.1) is 0 Å². The summed E-state index contributed by atoms with van der Waals surface area (Å²) in [4.78, 5) is 11.2. The fourth-order valence-electron chi connectivity index (χ4n) is 1.54. The molecule has 0 radical (unpaired) electrons. The van der Waals surface area contributed by atoms with E-state index in [-0.39, 0.29) is 22.0 Å². The molecule has 20 heavy (non-hydrogen) atoms. The number of aromatic amines is 1. The van der Waals surface area contributed by atoms with Gasteiger partial charge in [-0.25, -0.2) is 13.2 Å². The molecule has 0 atom stereocenters. The molecule has 2 aromatic rings. The molecular formula is C11H12N4O4S. The molecule has 0 spiro atoms. The van der Waals surface area contributed by atoms with Gasteiger partial charge in [0.15, 0.2) is 0 Å². The topological polar surface area (TPSA) is 127 Å². The molecule has 0 saturated carbocycles. The molecule has 0 aliphatic heterocycles. The van der Waals surface area contributed by atoms with Crippen LogP contribution >= 0.6 is 0 Å². The van der Waals surface area contributed by atoms with E-state index < -0.39 is 16.0 Å². The molecule has 8 nitrogen and oxygen atoms in total. The number of nitrogen functional groups attached to an aromatic ring is 1. The van der Waals surface area contributed by atoms with Crippen LogP contribution in [0, 0.1) is 0 Å². The first-order valence-corrected chi connectivity index (χ1v) is 6.92. The molecule has 1 heterocycles. The van der Waals surface area contributed by atoms with Crippen molar-refractivity contribution in [1.82, 2.24) is 10.2 Å². The molecule has 1 aromatic heterocycles. The molecule has 0 aliphatic rings. The smallest absolute Gasteiger partial charge is 0.337 e. The number of carbonyl (C=O) groups excluding carboxylic acids is 1. The lowest BCUT2D eigenvalue weighted by Gasteiger charge is -2.08. The van der Waals surface area contributed by atoms with Gasteiger partial charge in [-0.2, -0.15) is 5.10 Å². The highest BCUT2D eigenvalue weighted by molar-refractivity contribution is 7.92. The average molecular weight is 296 g/mol. The fourth-order valence-corrected chi connectivity index (χ4v) is 2.61. The quantitative estimate of drug-likeness (QED) is 0.708. The Labute approximate surface area is 115 Å². The lowest BCUT2D eigenvalue weighted by molar-refractivity contribution is 0.0601. The molecule has 0 bridgehead atoms. The van der Waals surface area contributed by atoms with E-state index in [9.17, 15) is 13.2 Å². The maximum absolute atomic E-state index is 12.1. The third-order valence-corrected chi connectivity index (χ3v) is 3.87. The summed E-state index contributed by atoms with van der Waals surface area (Å²) in [6.07, 6.45) is 1.10. The first-order valence-electron chi connectivity index (χ1n) is 5.44. The van der Waals surface area contributed by atoms with Crippen LogP contribution < -0.4 is 10.5 Å². The zero-order valence-corrected chi connectivity index (χ0v) is 11.3. The van der Waals surface area contributed by atoms with Gasteiger partial charge in [-0.3, -0.25) is 9.82 Å². The minimum atomic E-state index is -3.87. The van der Waals surface area contributed by atoms with Gasteiger partial charge in [-0.1, -0.05) is 6.07 Å². The SMILES string of the molecule is COC(=O)c1cccc(NS(=O)(=O)c2cn[nH]c2N)c1. The lowest BCUT2D eigenvalue weighted by Crippen LogP contribution is -2.14. The van der Waals surface area contributed by atoms with Crippen molar-refractivity contribution in [2.45, 2.75) is 4.90 Å². The number of H-pyrrole nitrogens is 1. The number of aromatic nitrogens is 2. The molecule has 0 fully saturated rings. The van der Waals surface area contributed by atoms with E-state index in [1.54, 1.807) is 0 Å². The Morgan fingerprint density at radius 2 is 2.20 bits per heavy atom. The van der Waals surface area contributed by atoms with E-state index in [1.807, 2.05) is 0 Å². The van der Waals surface area contributed by atoms with Crippen LogP contribution in [0.1, 0.15) is 10.4 Å². The number of nitrogens with one attached hydrogen (secondary N) is 2. The Hall–Kier alpha value is -2.55. The van der Waals surface area contributed by atoms with Gasteiger partial charge in [0.1, 0.15) is 10.7 Å². The van der Waals surface area contributed by atoms with Gasteiger partial charge in [-0.05, 0) is 18.2 Å². The van der Waals surface area contributed by atoms with Crippen LogP contribution in [0.3, 0.4) is 0 Å². The van der Waals surface area contributed by atoms with E-state index in [0.29, 0.717) is 0 Å². The summed E-state index contributed by atoms with van der Waals surface area (Å²) in [6, 6.07) is 5.90. The average Bonchev–Trinajstić information content (AvgIpc) is 2.85. The molecule has 0 aliphatic carbocycles. The number of nitrogens with two attached hydrogens (primary N) is 1. The monoisotopic (exact) mass is 296 g/mol. The number of anilines is 2. The minimum Gasteiger partial charge on any atom is -0.465 e. The molecule has 4 N–H and O–H groups in total. The minimum absolute atomic E-state index is 0.0679. The summed E-state index contributed by atoms with van der Waals surface area (Å²) in [7, 11) is -2.63. The second kappa shape index (κ2) is 5.21. The van der Waals surface area contributed by atoms with Crippen molar-refractivity contribution in [3.05, 3.63) is 36.0 Å². The Balaban J connectivity index is 2.31. The predicted octanol–water partition coefficient (Wildman–Crippen LogP) is 0.579. The maximum Gasteiger partial charge on any atom is 0.337 e. The van der Waals surface area contributed by atoms with Crippen molar-refractivity contribution in [2.75, 3.05) is 17.6 Å². The van der Waals surface area contributed by atoms with Gasteiger partial charge >= 0.3 is 5.97 Å². The summed E-state index contributed by atoms with van der Waals surface area (Å²) in [5.74, 6) is -0.629. The number of ether oxygens (including phenoxy) is 1. The number of hydrogen-bond acceptors (Lipinski definition) is 6. The zero-order chi connectivity index (χ0) is 14.8. The Morgan fingerprint density at radius 1 is 1.45 bits per heavy atom. The largest absolute Gasteiger partial charge is 0.465 e. The second-order valence-electron chi connectivity index (χ2n) is 3.83. The second-order valence-corrected chi connectivity index (χ2v) is 5.48. The number of nitrogens with zero attached hydrogens (tertiary/aromatic N) is 1. The van der Waals surface area contributed by atoms with E-state index >= 15 is 0 Å². The highest BCUT2D eigenvalue weighted by atomic mass is 32.2. The summed E-state index contributed by atoms with van der Waals surface area (Å²) in [6.45, 7) is 0. The normalized spacial score (nSPS) is 11.1. The third-order valence-electron chi connectivity index (χ3n) is 2.46. The molecule has 0 saturated heterocycles. The summed E-state index contributed by atoms with van der Waals surface area (Å²) >= 11 is 0. The van der Waals surface area contributed by atoms with Crippen molar-refractivity contribution < 1.29 is 17.9 Å². The highest BCUT2D eigenvalue weighted by Gasteiger charge is 2.19. The van der Waals surface area contributed by atoms with E-state index in [0.717, 1.165) is 6.20 Å². The van der Waals surface area contributed by atoms with Gasteiger partial charge in [0, 0.05) is 5.69 Å². The van der Waals surface area contributed by atoms with Crippen LogP contribution in [0.2, 0.25) is 0 Å². The summed E-state index contributed by atoms with van der Waals surface area (Å²) < 4.78 is 31.0. The number of sulfonamides is 1. The number of benzene rings is 1. The van der Waals surface area contributed by atoms with E-state index in [2.05, 4.69) is 19.7 Å². The first-order chi connectivity index (χ1) is 9.44. The molecule has 106 valence electrons. The summed E-state index contributed by atoms with van der Waals surface area (Å²) in [5, 5.41) is 5.88. The van der Waals surface area contributed by atoms with E-state index in [4.69, 9.17) is 5.73 Å². The first kappa shape index (κ1) is 13.9. The molecule has 2 rings (SSSR count). The van der Waals surface area contributed by atoms with Crippen LogP contribution in [0.15, 0.2) is 35.4 Å². The summed E-state index contributed by atoms with van der Waals surface area (Å²) in [5.41, 5.74) is 5.91. The number of rotatable bonds is 4. The zero-order valence-electron chi connectivity index (χ0n) is 10.5. The van der Waals surface area contributed by atoms with Crippen LogP contribution in [0.25, 0.3) is 0 Å². The lowest BCUT2D eigenvalue weighted by atomic mass is 10.2. The van der Waals surface area contributed by atoms with Crippen LogP contribution in [0.4, 0.5) is 11.5 Å². The van der Waals surface area contributed by atoms with Crippen molar-refractivity contribution in [3.63, 3.8) is 0 Å². The third kappa shape index (κ3) is 2.72. The highest BCUT2D eigenvalue weighted by Crippen LogP contribution is 2.20. The molecule has 9 heteroatoms. The Bertz CT molecular complexity index is 738. The predicted molar refractivity (Wildman–Crippen MR) is 71.6 cm³/mol. The number of esters is 1. The van der Waals surface area contributed by atoms with Gasteiger partial charge < -0.3 is 10.5 Å². The fraction of sp³-hybridized carbons (Fsp3) is 0.0909. The van der Waals surface area contributed by atoms with Crippen molar-refractivity contribution >= 4 is 27.5 Å². The number of methoxy groups -OCH3 is 1. The van der Waals surface area contributed by atoms with Crippen molar-refractivity contribution in [1.29, 1.82) is 0 Å². The van der Waals surface area contributed by atoms with E-state index in [1.165, 1.54) is 31.4 Å². The Morgan fingerprint density at radius 3 is 2.80 bits per heavy atom. The van der Waals surface area contributed by atoms with Crippen LogP contribution in [0.5, 0.6) is 0 Å². The molecule has 1 aromatic carbocycles.